The minimum atomic E-state index is -0.122. The van der Waals surface area contributed by atoms with Gasteiger partial charge in [0.2, 0.25) is 5.91 Å². The second-order valence-corrected chi connectivity index (χ2v) is 6.37. The lowest BCUT2D eigenvalue weighted by atomic mass is 10.3. The number of nitrogens with zero attached hydrogens (tertiary/aromatic N) is 2. The first-order valence-corrected chi connectivity index (χ1v) is 8.93. The summed E-state index contributed by atoms with van der Waals surface area (Å²) >= 11 is 1.76. The van der Waals surface area contributed by atoms with Crippen LogP contribution in [0.4, 0.5) is 5.69 Å². The summed E-state index contributed by atoms with van der Waals surface area (Å²) in [6, 6.07) is 13.6. The quantitative estimate of drug-likeness (QED) is 0.600. The Morgan fingerprint density at radius 3 is 2.67 bits per heavy atom. The average Bonchev–Trinajstić information content (AvgIpc) is 3.11. The summed E-state index contributed by atoms with van der Waals surface area (Å²) < 4.78 is 0. The standard InChI is InChI=1S/C18H24N4OS/c1-3-19-18(22(2)12-11-16-10-7-13-24-16)20-14-17(23)21-15-8-5-4-6-9-15/h4-10,13H,3,11-12,14H2,1-2H3,(H,19,20)(H,21,23). The Kier molecular flexibility index (Phi) is 7.29. The number of amides is 1. The number of aliphatic imine (C=N–C) groups is 1. The van der Waals surface area contributed by atoms with Crippen LogP contribution in [0.15, 0.2) is 52.8 Å². The van der Waals surface area contributed by atoms with Gasteiger partial charge < -0.3 is 15.5 Å². The molecule has 0 spiro atoms. The summed E-state index contributed by atoms with van der Waals surface area (Å²) in [4.78, 5) is 19.9. The lowest BCUT2D eigenvalue weighted by Crippen LogP contribution is -2.40. The van der Waals surface area contributed by atoms with E-state index in [1.165, 1.54) is 4.88 Å². The molecular formula is C18H24N4OS. The van der Waals surface area contributed by atoms with Gasteiger partial charge in [-0.05, 0) is 36.9 Å². The summed E-state index contributed by atoms with van der Waals surface area (Å²) in [7, 11) is 1.99. The number of likely N-dealkylation sites (N-methyl/N-ethyl adjacent to an activating group) is 1. The van der Waals surface area contributed by atoms with Gasteiger partial charge in [0, 0.05) is 30.7 Å². The molecule has 0 aliphatic carbocycles. The number of carbonyl (C=O) groups excluding carboxylic acids is 1. The zero-order valence-electron chi connectivity index (χ0n) is 14.2. The van der Waals surface area contributed by atoms with Crippen molar-refractivity contribution >= 4 is 28.9 Å². The largest absolute Gasteiger partial charge is 0.357 e. The Hall–Kier alpha value is -2.34. The molecule has 0 unspecified atom stereocenters. The predicted octanol–water partition coefficient (Wildman–Crippen LogP) is 2.83. The van der Waals surface area contributed by atoms with Crippen LogP contribution in [0.2, 0.25) is 0 Å². The minimum Gasteiger partial charge on any atom is -0.357 e. The Bertz CT molecular complexity index is 640. The molecule has 1 heterocycles. The second kappa shape index (κ2) is 9.72. The van der Waals surface area contributed by atoms with Gasteiger partial charge in [0.15, 0.2) is 5.96 Å². The highest BCUT2D eigenvalue weighted by atomic mass is 32.1. The molecule has 0 fully saturated rings. The summed E-state index contributed by atoms with van der Waals surface area (Å²) in [5.41, 5.74) is 0.786. The maximum atomic E-state index is 12.0. The number of rotatable bonds is 7. The van der Waals surface area contributed by atoms with Gasteiger partial charge in [-0.1, -0.05) is 24.3 Å². The molecule has 0 bridgehead atoms. The predicted molar refractivity (Wildman–Crippen MR) is 102 cm³/mol. The van der Waals surface area contributed by atoms with Crippen LogP contribution in [0.3, 0.4) is 0 Å². The Morgan fingerprint density at radius 2 is 2.00 bits per heavy atom. The Balaban J connectivity index is 1.87. The van der Waals surface area contributed by atoms with Gasteiger partial charge in [0.1, 0.15) is 6.54 Å². The highest BCUT2D eigenvalue weighted by Crippen LogP contribution is 2.09. The van der Waals surface area contributed by atoms with Gasteiger partial charge in [-0.25, -0.2) is 4.99 Å². The molecule has 0 saturated carbocycles. The Labute approximate surface area is 147 Å². The zero-order valence-corrected chi connectivity index (χ0v) is 15.0. The summed E-state index contributed by atoms with van der Waals surface area (Å²) in [6.07, 6.45) is 0.967. The number of hydrogen-bond donors (Lipinski definition) is 2. The molecule has 1 aromatic carbocycles. The smallest absolute Gasteiger partial charge is 0.246 e. The highest BCUT2D eigenvalue weighted by Gasteiger charge is 2.08. The number of guanidine groups is 1. The molecular weight excluding hydrogens is 320 g/mol. The van der Waals surface area contributed by atoms with Gasteiger partial charge in [-0.15, -0.1) is 11.3 Å². The van der Waals surface area contributed by atoms with Crippen LogP contribution in [0, 0.1) is 0 Å². The number of anilines is 1. The van der Waals surface area contributed by atoms with Crippen molar-refractivity contribution in [1.82, 2.24) is 10.2 Å². The van der Waals surface area contributed by atoms with Crippen molar-refractivity contribution < 1.29 is 4.79 Å². The lowest BCUT2D eigenvalue weighted by molar-refractivity contribution is -0.114. The molecule has 0 aliphatic rings. The van der Waals surface area contributed by atoms with E-state index in [1.54, 1.807) is 11.3 Å². The third kappa shape index (κ3) is 6.04. The molecule has 2 rings (SSSR count). The first-order valence-electron chi connectivity index (χ1n) is 8.05. The molecule has 24 heavy (non-hydrogen) atoms. The van der Waals surface area contributed by atoms with Crippen LogP contribution in [0.1, 0.15) is 11.8 Å². The molecule has 2 N–H and O–H groups in total. The van der Waals surface area contributed by atoms with Crippen LogP contribution in [-0.4, -0.2) is 43.4 Å². The van der Waals surface area contributed by atoms with Crippen LogP contribution < -0.4 is 10.6 Å². The third-order valence-corrected chi connectivity index (χ3v) is 4.34. The van der Waals surface area contributed by atoms with Crippen molar-refractivity contribution in [2.45, 2.75) is 13.3 Å². The van der Waals surface area contributed by atoms with Crippen LogP contribution >= 0.6 is 11.3 Å². The highest BCUT2D eigenvalue weighted by molar-refractivity contribution is 7.09. The van der Waals surface area contributed by atoms with E-state index in [1.807, 2.05) is 44.3 Å². The Morgan fingerprint density at radius 1 is 1.21 bits per heavy atom. The van der Waals surface area contributed by atoms with E-state index in [0.29, 0.717) is 0 Å². The molecule has 0 atom stereocenters. The van der Waals surface area contributed by atoms with E-state index in [-0.39, 0.29) is 12.5 Å². The van der Waals surface area contributed by atoms with Crippen molar-refractivity contribution in [3.63, 3.8) is 0 Å². The number of hydrogen-bond acceptors (Lipinski definition) is 3. The van der Waals surface area contributed by atoms with E-state index < -0.39 is 0 Å². The number of para-hydroxylation sites is 1. The fourth-order valence-electron chi connectivity index (χ4n) is 2.18. The SMILES string of the molecule is CCNC(=NCC(=O)Nc1ccccc1)N(C)CCc1cccs1. The fourth-order valence-corrected chi connectivity index (χ4v) is 2.88. The maximum Gasteiger partial charge on any atom is 0.246 e. The lowest BCUT2D eigenvalue weighted by Gasteiger charge is -2.21. The molecule has 6 heteroatoms. The van der Waals surface area contributed by atoms with Crippen LogP contribution in [0.5, 0.6) is 0 Å². The number of benzene rings is 1. The average molecular weight is 344 g/mol. The van der Waals surface area contributed by atoms with Gasteiger partial charge in [0.25, 0.3) is 0 Å². The van der Waals surface area contributed by atoms with Crippen molar-refractivity contribution in [2.24, 2.45) is 4.99 Å². The molecule has 5 nitrogen and oxygen atoms in total. The van der Waals surface area contributed by atoms with Crippen molar-refractivity contribution in [3.8, 4) is 0 Å². The van der Waals surface area contributed by atoms with Gasteiger partial charge >= 0.3 is 0 Å². The minimum absolute atomic E-state index is 0.0978. The first-order chi connectivity index (χ1) is 11.7. The molecule has 0 aliphatic heterocycles. The van der Waals surface area contributed by atoms with E-state index >= 15 is 0 Å². The summed E-state index contributed by atoms with van der Waals surface area (Å²) in [5.74, 6) is 0.625. The normalized spacial score (nSPS) is 11.2. The van der Waals surface area contributed by atoms with Gasteiger partial charge in [0.05, 0.1) is 0 Å². The van der Waals surface area contributed by atoms with Crippen LogP contribution in [-0.2, 0) is 11.2 Å². The molecule has 0 radical (unpaired) electrons. The van der Waals surface area contributed by atoms with Crippen molar-refractivity contribution in [1.29, 1.82) is 0 Å². The molecule has 128 valence electrons. The molecule has 1 amide bonds. The third-order valence-electron chi connectivity index (χ3n) is 3.40. The van der Waals surface area contributed by atoms with Gasteiger partial charge in [-0.2, -0.15) is 0 Å². The zero-order chi connectivity index (χ0) is 17.2. The summed E-state index contributed by atoms with van der Waals surface area (Å²) in [5, 5.41) is 8.16. The number of thiophene rings is 1. The van der Waals surface area contributed by atoms with E-state index in [2.05, 4.69) is 38.0 Å². The summed E-state index contributed by atoms with van der Waals surface area (Å²) in [6.45, 7) is 3.74. The maximum absolute atomic E-state index is 12.0. The fraction of sp³-hybridized carbons (Fsp3) is 0.333. The van der Waals surface area contributed by atoms with E-state index in [9.17, 15) is 4.79 Å². The van der Waals surface area contributed by atoms with Crippen molar-refractivity contribution in [2.75, 3.05) is 32.0 Å². The van der Waals surface area contributed by atoms with Crippen LogP contribution in [0.25, 0.3) is 0 Å². The molecule has 2 aromatic rings. The van der Waals surface area contributed by atoms with E-state index in [4.69, 9.17) is 0 Å². The second-order valence-electron chi connectivity index (χ2n) is 5.34. The topological polar surface area (TPSA) is 56.7 Å². The molecule has 1 aromatic heterocycles. The monoisotopic (exact) mass is 344 g/mol. The van der Waals surface area contributed by atoms with Crippen molar-refractivity contribution in [3.05, 3.63) is 52.7 Å². The van der Waals surface area contributed by atoms with E-state index in [0.717, 1.165) is 31.2 Å². The van der Waals surface area contributed by atoms with Gasteiger partial charge in [-0.3, -0.25) is 4.79 Å². The first kappa shape index (κ1) is 18.0. The number of carbonyl (C=O) groups is 1. The molecule has 0 saturated heterocycles. The number of nitrogens with one attached hydrogen (secondary N) is 2.